The van der Waals surface area contributed by atoms with Gasteiger partial charge in [-0.3, -0.25) is 18.2 Å². The highest BCUT2D eigenvalue weighted by molar-refractivity contribution is 7.86. The van der Waals surface area contributed by atoms with Crippen molar-refractivity contribution < 1.29 is 117 Å². The van der Waals surface area contributed by atoms with Gasteiger partial charge >= 0.3 is 23.9 Å². The molecule has 0 spiro atoms. The third kappa shape index (κ3) is 17.3. The van der Waals surface area contributed by atoms with Crippen molar-refractivity contribution in [1.29, 1.82) is 0 Å². The number of hydrogen-bond donors (Lipinski definition) is 13. The lowest BCUT2D eigenvalue weighted by Gasteiger charge is -2.01. The van der Waals surface area contributed by atoms with Gasteiger partial charge in [0.25, 0.3) is 40.5 Å². The summed E-state index contributed by atoms with van der Waals surface area (Å²) in [4.78, 5) is 39.6. The Morgan fingerprint density at radius 1 is 0.390 bits per heavy atom. The molecule has 4 aromatic rings. The first-order valence-corrected chi connectivity index (χ1v) is 20.2. The summed E-state index contributed by atoms with van der Waals surface area (Å²) >= 11 is 0. The highest BCUT2D eigenvalue weighted by Gasteiger charge is 2.19. The van der Waals surface area contributed by atoms with Gasteiger partial charge in [-0.15, -0.1) is 0 Å². The van der Waals surface area contributed by atoms with E-state index < -0.39 is 129 Å². The van der Waals surface area contributed by atoms with Gasteiger partial charge in [0.15, 0.2) is 0 Å². The maximum atomic E-state index is 10.6. The van der Waals surface area contributed by atoms with Gasteiger partial charge in [-0.05, 0) is 79.7 Å². The monoisotopic (exact) mass is 918 g/mol. The zero-order valence-corrected chi connectivity index (χ0v) is 32.2. The molecule has 0 amide bonds. The normalized spacial score (nSPS) is 10.9. The highest BCUT2D eigenvalue weighted by atomic mass is 32.2. The third-order valence-electron chi connectivity index (χ3n) is 5.99. The molecule has 0 heterocycles. The number of carboxylic acids is 4. The fraction of sp³-hybridized carbons (Fsp3) is 0.0667. The number of carbonyl (C=O) groups is 4. The van der Waals surface area contributed by atoms with Crippen LogP contribution in [0.1, 0.15) is 48.4 Å². The van der Waals surface area contributed by atoms with Crippen LogP contribution in [0.15, 0.2) is 92.4 Å². The Balaban J connectivity index is 0.000000742. The number of phenols is 4. The lowest BCUT2D eigenvalue weighted by molar-refractivity contribution is 0.0682. The number of aromatic hydroxyl groups is 4. The average molecular weight is 919 g/mol. The molecule has 29 heteroatoms. The van der Waals surface area contributed by atoms with Crippen molar-refractivity contribution >= 4 is 64.3 Å². The number of carboxylic acid groups (broad SMARTS) is 4. The van der Waals surface area contributed by atoms with Gasteiger partial charge in [0, 0.05) is 6.61 Å². The fourth-order valence-electron chi connectivity index (χ4n) is 3.39. The molecular weight excluding hydrogens is 889 g/mol. The predicted molar refractivity (Wildman–Crippen MR) is 192 cm³/mol. The van der Waals surface area contributed by atoms with E-state index in [0.29, 0.717) is 24.3 Å². The highest BCUT2D eigenvalue weighted by Crippen LogP contribution is 2.24. The second-order valence-electron chi connectivity index (χ2n) is 10.2. The number of benzene rings is 4. The van der Waals surface area contributed by atoms with Gasteiger partial charge in [-0.1, -0.05) is 0 Å². The summed E-state index contributed by atoms with van der Waals surface area (Å²) in [6, 6.07) is 9.82. The van der Waals surface area contributed by atoms with E-state index in [2.05, 4.69) is 0 Å². The molecule has 0 aliphatic heterocycles. The second-order valence-corrected chi connectivity index (χ2v) is 15.8. The van der Waals surface area contributed by atoms with Crippen molar-refractivity contribution in [3.63, 3.8) is 0 Å². The van der Waals surface area contributed by atoms with Gasteiger partial charge in [0.05, 0.1) is 19.6 Å². The summed E-state index contributed by atoms with van der Waals surface area (Å²) < 4.78 is 119. The van der Waals surface area contributed by atoms with Gasteiger partial charge in [-0.25, -0.2) is 19.2 Å². The van der Waals surface area contributed by atoms with Gasteiger partial charge in [0.1, 0.15) is 45.3 Å². The molecule has 4 rings (SSSR count). The number of rotatable bonds is 8. The molecule has 59 heavy (non-hydrogen) atoms. The van der Waals surface area contributed by atoms with Gasteiger partial charge in [0.2, 0.25) is 0 Å². The summed E-state index contributed by atoms with van der Waals surface area (Å²) in [5.41, 5.74) is -2.33. The van der Waals surface area contributed by atoms with E-state index in [4.69, 9.17) is 64.2 Å². The maximum Gasteiger partial charge on any atom is 0.339 e. The van der Waals surface area contributed by atoms with Crippen LogP contribution < -0.4 is 0 Å². The van der Waals surface area contributed by atoms with Crippen LogP contribution in [0.4, 0.5) is 0 Å². The number of aliphatic hydroxyl groups is 1. The largest absolute Gasteiger partial charge is 0.507 e. The minimum atomic E-state index is -4.45. The lowest BCUT2D eigenvalue weighted by Crippen LogP contribution is -2.02. The first-order valence-electron chi connectivity index (χ1n) is 14.5. The molecule has 4 aromatic carbocycles. The number of hydrogen-bond acceptors (Lipinski definition) is 17. The zero-order chi connectivity index (χ0) is 46.4. The van der Waals surface area contributed by atoms with Crippen molar-refractivity contribution in [3.8, 4) is 23.0 Å². The molecule has 324 valence electrons. The molecule has 0 aromatic heterocycles. The zero-order valence-electron chi connectivity index (χ0n) is 29.0. The summed E-state index contributed by atoms with van der Waals surface area (Å²) in [5, 5.41) is 77.7. The van der Waals surface area contributed by atoms with Crippen LogP contribution in [-0.2, 0) is 40.5 Å². The van der Waals surface area contributed by atoms with E-state index in [1.165, 1.54) is 0 Å². The smallest absolute Gasteiger partial charge is 0.339 e. The molecule has 0 aliphatic rings. The molecule has 0 atom stereocenters. The Morgan fingerprint density at radius 2 is 0.525 bits per heavy atom. The van der Waals surface area contributed by atoms with Crippen molar-refractivity contribution in [2.75, 3.05) is 6.61 Å². The van der Waals surface area contributed by atoms with E-state index in [-0.39, 0.29) is 6.61 Å². The van der Waals surface area contributed by atoms with Crippen LogP contribution in [0, 0.1) is 0 Å². The van der Waals surface area contributed by atoms with Crippen LogP contribution in [-0.4, -0.2) is 128 Å². The Bertz CT molecular complexity index is 2290. The Morgan fingerprint density at radius 3 is 0.627 bits per heavy atom. The van der Waals surface area contributed by atoms with E-state index in [9.17, 15) is 52.8 Å². The molecule has 0 fully saturated rings. The van der Waals surface area contributed by atoms with Crippen LogP contribution in [0.3, 0.4) is 0 Å². The van der Waals surface area contributed by atoms with Crippen molar-refractivity contribution in [2.45, 2.75) is 26.5 Å². The molecule has 0 aliphatic carbocycles. The van der Waals surface area contributed by atoms with E-state index in [1.54, 1.807) is 6.92 Å². The predicted octanol–water partition coefficient (Wildman–Crippen LogP) is 1.35. The SMILES string of the molecule is CCO.O=C(O)c1cc(S(=O)(=O)O)ccc1O.O=C(O)c1cc(S(=O)(=O)O)ccc1O.O=C(O)c1cc(S(=O)(=O)O)ccc1O.O=C(O)c1cc(S(=O)(=O)O)ccc1O. The summed E-state index contributed by atoms with van der Waals surface area (Å²) in [7, 11) is -17.8. The van der Waals surface area contributed by atoms with Crippen LogP contribution >= 0.6 is 0 Å². The van der Waals surface area contributed by atoms with E-state index >= 15 is 0 Å². The van der Waals surface area contributed by atoms with Crippen LogP contribution in [0.25, 0.3) is 0 Å². The van der Waals surface area contributed by atoms with Crippen molar-refractivity contribution in [3.05, 3.63) is 95.1 Å². The second kappa shape index (κ2) is 21.4. The summed E-state index contributed by atoms with van der Waals surface area (Å²) in [6.45, 7) is 1.93. The molecule has 0 radical (unpaired) electrons. The topological polar surface area (TPSA) is 468 Å². The van der Waals surface area contributed by atoms with E-state index in [0.717, 1.165) is 48.5 Å². The molecule has 0 bridgehead atoms. The fourth-order valence-corrected chi connectivity index (χ4v) is 5.41. The first kappa shape index (κ1) is 52.6. The Hall–Kier alpha value is -6.44. The first-order chi connectivity index (χ1) is 26.7. The quantitative estimate of drug-likeness (QED) is 0.111. The summed E-state index contributed by atoms with van der Waals surface area (Å²) in [5.74, 6) is -8.17. The van der Waals surface area contributed by atoms with Crippen molar-refractivity contribution in [1.82, 2.24) is 0 Å². The summed E-state index contributed by atoms with van der Waals surface area (Å²) in [6.07, 6.45) is 0. The third-order valence-corrected chi connectivity index (χ3v) is 9.38. The standard InChI is InChI=1S/4C7H6O6S.C2H6O/c4*8-6-2-1-4(14(11,12)13)3-5(6)7(9)10;1-2-3/h4*1-3,8H,(H,9,10)(H,11,12,13);3H,2H2,1H3. The number of aromatic carboxylic acids is 4. The van der Waals surface area contributed by atoms with Gasteiger partial charge in [-0.2, -0.15) is 33.7 Å². The van der Waals surface area contributed by atoms with Gasteiger partial charge < -0.3 is 46.0 Å². The molecule has 0 saturated heterocycles. The minimum Gasteiger partial charge on any atom is -0.507 e. The van der Waals surface area contributed by atoms with E-state index in [1.807, 2.05) is 0 Å². The van der Waals surface area contributed by atoms with Crippen LogP contribution in [0.2, 0.25) is 0 Å². The molecule has 0 saturated carbocycles. The maximum absolute atomic E-state index is 10.6. The Kier molecular flexibility index (Phi) is 19.0. The molecule has 0 unspecified atom stereocenters. The Labute approximate surface area is 331 Å². The molecule has 25 nitrogen and oxygen atoms in total. The van der Waals surface area contributed by atoms with Crippen molar-refractivity contribution in [2.24, 2.45) is 0 Å². The lowest BCUT2D eigenvalue weighted by atomic mass is 10.2. The molecular formula is C30H30O25S4. The van der Waals surface area contributed by atoms with Crippen LogP contribution in [0.5, 0.6) is 23.0 Å². The average Bonchev–Trinajstić information content (AvgIpc) is 3.07. The minimum absolute atomic E-state index is 0.250. The molecule has 13 N–H and O–H groups in total. The number of aliphatic hydroxyl groups excluding tert-OH is 1.